The molecule has 0 amide bonds. The maximum atomic E-state index is 9.78. The van der Waals surface area contributed by atoms with E-state index in [2.05, 4.69) is 31.1 Å². The summed E-state index contributed by atoms with van der Waals surface area (Å²) in [6.45, 7) is 0. The number of nitrogens with zero attached hydrogens (tertiary/aromatic N) is 6. The van der Waals surface area contributed by atoms with Gasteiger partial charge < -0.3 is 19.8 Å². The smallest absolute Gasteiger partial charge is 0.541 e. The summed E-state index contributed by atoms with van der Waals surface area (Å²) < 4.78 is 0. The molecule has 0 aliphatic rings. The summed E-state index contributed by atoms with van der Waals surface area (Å²) in [6.07, 6.45) is 0. The van der Waals surface area contributed by atoms with Gasteiger partial charge in [0, 0.05) is 0 Å². The van der Waals surface area contributed by atoms with Gasteiger partial charge in [0.2, 0.25) is 0 Å². The topological polar surface area (TPSA) is 189 Å². The predicted octanol–water partition coefficient (Wildman–Crippen LogP) is -4.88. The average Bonchev–Trinajstić information content (AvgIpc) is 2.93. The van der Waals surface area contributed by atoms with Gasteiger partial charge >= 0.3 is 19.5 Å². The molecule has 0 bridgehead atoms. The van der Waals surface area contributed by atoms with E-state index in [4.69, 9.17) is 0 Å². The van der Waals surface area contributed by atoms with E-state index >= 15 is 0 Å². The van der Waals surface area contributed by atoms with Gasteiger partial charge in [-0.05, 0) is 20.9 Å². The summed E-state index contributed by atoms with van der Waals surface area (Å²) >= 11 is 0. The van der Waals surface area contributed by atoms with Crippen LogP contribution >= 0.6 is 0 Å². The first-order valence-electron chi connectivity index (χ1n) is 3.51. The fraction of sp³-hybridized carbons (Fsp3) is 0. The Bertz CT molecular complexity index is 410. The Hall–Kier alpha value is -2.30. The number of tetrazole rings is 2. The second kappa shape index (κ2) is 7.06. The molecule has 0 aromatic carbocycles. The van der Waals surface area contributed by atoms with Crippen molar-refractivity contribution in [3.05, 3.63) is 11.6 Å². The monoisotopic (exact) mass is 290 g/mol. The van der Waals surface area contributed by atoms with E-state index in [1.807, 2.05) is 10.2 Å². The number of carbonyl (C=O) groups is 2. The van der Waals surface area contributed by atoms with Crippen molar-refractivity contribution in [2.45, 2.75) is 0 Å². The van der Waals surface area contributed by atoms with Crippen LogP contribution in [0.2, 0.25) is 0 Å². The Morgan fingerprint density at radius 3 is 1.35 bits per heavy atom. The number of aromatic nitrogens is 8. The van der Waals surface area contributed by atoms with E-state index in [-0.39, 0.29) is 31.1 Å². The van der Waals surface area contributed by atoms with Gasteiger partial charge in [0.1, 0.15) is 11.9 Å². The molecule has 2 rings (SSSR count). The number of carbonyl (C=O) groups excluding carboxylic acids is 2. The number of H-pyrrole nitrogens is 2. The summed E-state index contributed by atoms with van der Waals surface area (Å²) in [5, 5.41) is 41.6. The Morgan fingerprint density at radius 1 is 0.882 bits per heavy atom. The molecular weight excluding hydrogens is 289 g/mol. The van der Waals surface area contributed by atoms with Crippen LogP contribution in [0.5, 0.6) is 0 Å². The Balaban J connectivity index is 0.000000284. The first kappa shape index (κ1) is 14.7. The number of carboxylic acids is 2. The van der Waals surface area contributed by atoms with Crippen LogP contribution in [-0.2, 0) is 19.5 Å². The van der Waals surface area contributed by atoms with Crippen LogP contribution in [0.4, 0.5) is 0 Å². The van der Waals surface area contributed by atoms with Gasteiger partial charge in [-0.1, -0.05) is 0 Å². The van der Waals surface area contributed by atoms with E-state index in [0.29, 0.717) is 0 Å². The first-order valence-corrected chi connectivity index (χ1v) is 3.51. The van der Waals surface area contributed by atoms with Gasteiger partial charge in [-0.2, -0.15) is 0 Å². The second-order valence-electron chi connectivity index (χ2n) is 2.07. The minimum Gasteiger partial charge on any atom is -0.541 e. The fourth-order valence-electron chi connectivity index (χ4n) is 0.491. The first-order chi connectivity index (χ1) is 7.61. The minimum absolute atomic E-state index is 0. The van der Waals surface area contributed by atoms with Crippen molar-refractivity contribution in [1.29, 1.82) is 0 Å². The molecule has 0 unspecified atom stereocenters. The van der Waals surface area contributed by atoms with Crippen molar-refractivity contribution >= 4 is 11.9 Å². The van der Waals surface area contributed by atoms with Crippen molar-refractivity contribution in [2.24, 2.45) is 0 Å². The predicted molar refractivity (Wildman–Crippen MR) is 37.0 cm³/mol. The Kier molecular flexibility index (Phi) is 6.10. The van der Waals surface area contributed by atoms with Crippen molar-refractivity contribution in [3.63, 3.8) is 0 Å². The largest absolute Gasteiger partial charge is 2.00 e. The summed E-state index contributed by atoms with van der Waals surface area (Å²) in [4.78, 5) is 19.6. The van der Waals surface area contributed by atoms with Gasteiger partial charge in [0.15, 0.2) is 11.6 Å². The van der Waals surface area contributed by atoms with E-state index in [9.17, 15) is 19.8 Å². The number of aromatic amines is 2. The van der Waals surface area contributed by atoms with E-state index in [1.54, 1.807) is 0 Å². The maximum absolute atomic E-state index is 9.78. The molecule has 2 N–H and O–H groups in total. The molecule has 12 nitrogen and oxygen atoms in total. The molecule has 13 heteroatoms. The summed E-state index contributed by atoms with van der Waals surface area (Å²) in [6, 6.07) is 0. The summed E-state index contributed by atoms with van der Waals surface area (Å²) in [5.41, 5.74) is 0. The van der Waals surface area contributed by atoms with E-state index in [0.717, 1.165) is 0 Å². The van der Waals surface area contributed by atoms with Crippen molar-refractivity contribution in [1.82, 2.24) is 41.2 Å². The molecule has 2 aromatic heterocycles. The molecule has 0 fully saturated rings. The standard InChI is InChI=1S/2C2H2N4O2.Zn/c2*7-2(8)1-3-5-6-4-1;/h2*(H,7,8)(H,3,4,5,6);/q;;+2/p-2. The van der Waals surface area contributed by atoms with Gasteiger partial charge in [-0.25, -0.2) is 10.2 Å². The van der Waals surface area contributed by atoms with Crippen LogP contribution in [0.25, 0.3) is 0 Å². The third-order valence-corrected chi connectivity index (χ3v) is 1.08. The zero-order valence-electron chi connectivity index (χ0n) is 8.02. The molecule has 17 heavy (non-hydrogen) atoms. The van der Waals surface area contributed by atoms with Crippen LogP contribution in [0, 0.1) is 0 Å². The van der Waals surface area contributed by atoms with Crippen LogP contribution < -0.4 is 10.2 Å². The van der Waals surface area contributed by atoms with Crippen LogP contribution in [-0.4, -0.2) is 53.2 Å². The van der Waals surface area contributed by atoms with Gasteiger partial charge in [0.05, 0.1) is 0 Å². The summed E-state index contributed by atoms with van der Waals surface area (Å²) in [5.74, 6) is -3.53. The molecule has 0 radical (unpaired) electrons. The number of nitrogens with one attached hydrogen (secondary N) is 2. The SMILES string of the molecule is O=C([O-])c1nnn[nH]1.O=C([O-])c1nnn[nH]1.[Zn+2]. The average molecular weight is 292 g/mol. The number of hydrogen-bond acceptors (Lipinski definition) is 10. The van der Waals surface area contributed by atoms with Gasteiger partial charge in [-0.15, -0.1) is 10.2 Å². The molecular formula is C4H2N8O4Zn. The number of rotatable bonds is 2. The zero-order chi connectivity index (χ0) is 12.0. The molecule has 0 saturated carbocycles. The summed E-state index contributed by atoms with van der Waals surface area (Å²) in [7, 11) is 0. The molecule has 0 atom stereocenters. The number of carboxylic acid groups (broad SMARTS) is 2. The van der Waals surface area contributed by atoms with Crippen LogP contribution in [0.3, 0.4) is 0 Å². The number of aromatic carboxylic acids is 2. The molecule has 2 aromatic rings. The van der Waals surface area contributed by atoms with Crippen molar-refractivity contribution in [3.8, 4) is 0 Å². The Morgan fingerprint density at radius 2 is 1.24 bits per heavy atom. The molecule has 0 aliphatic carbocycles. The van der Waals surface area contributed by atoms with Gasteiger partial charge in [-0.3, -0.25) is 0 Å². The third kappa shape index (κ3) is 4.83. The van der Waals surface area contributed by atoms with Crippen molar-refractivity contribution < 1.29 is 39.3 Å². The molecule has 0 aliphatic heterocycles. The van der Waals surface area contributed by atoms with Gasteiger partial charge in [0.25, 0.3) is 0 Å². The number of hydrogen-bond donors (Lipinski definition) is 2. The Labute approximate surface area is 105 Å². The zero-order valence-corrected chi connectivity index (χ0v) is 11.0. The van der Waals surface area contributed by atoms with Crippen molar-refractivity contribution in [2.75, 3.05) is 0 Å². The minimum atomic E-state index is -1.41. The molecule has 2 heterocycles. The molecule has 0 spiro atoms. The van der Waals surface area contributed by atoms with E-state index in [1.165, 1.54) is 0 Å². The second-order valence-corrected chi connectivity index (χ2v) is 2.07. The maximum Gasteiger partial charge on any atom is 2.00 e. The van der Waals surface area contributed by atoms with Crippen LogP contribution in [0.15, 0.2) is 0 Å². The normalized spacial score (nSPS) is 8.47. The fourth-order valence-corrected chi connectivity index (χ4v) is 0.491. The third-order valence-electron chi connectivity index (χ3n) is 1.08. The molecule has 84 valence electrons. The quantitative estimate of drug-likeness (QED) is 0.507. The van der Waals surface area contributed by atoms with Crippen LogP contribution in [0.1, 0.15) is 21.2 Å². The molecule has 0 saturated heterocycles. The van der Waals surface area contributed by atoms with E-state index < -0.39 is 11.9 Å².